The summed E-state index contributed by atoms with van der Waals surface area (Å²) in [6.07, 6.45) is 3.89. The van der Waals surface area contributed by atoms with Crippen molar-refractivity contribution in [1.82, 2.24) is 9.91 Å². The lowest BCUT2D eigenvalue weighted by Crippen LogP contribution is -2.42. The molecule has 37 heavy (non-hydrogen) atoms. The van der Waals surface area contributed by atoms with Crippen LogP contribution in [0.3, 0.4) is 0 Å². The fraction of sp³-hybridized carbons (Fsp3) is 0.333. The van der Waals surface area contributed by atoms with E-state index in [0.29, 0.717) is 29.7 Å². The molecule has 3 aromatic rings. The molecule has 3 aromatic carbocycles. The third-order valence-corrected chi connectivity index (χ3v) is 7.89. The number of amides is 1. The lowest BCUT2D eigenvalue weighted by molar-refractivity contribution is -0.134. The van der Waals surface area contributed by atoms with Crippen molar-refractivity contribution in [1.29, 1.82) is 0 Å². The number of nitrogens with zero attached hydrogens (tertiary/aromatic N) is 3. The second-order valence-electron chi connectivity index (χ2n) is 10.0. The van der Waals surface area contributed by atoms with Gasteiger partial charge in [-0.3, -0.25) is 9.69 Å². The van der Waals surface area contributed by atoms with E-state index in [0.717, 1.165) is 54.9 Å². The Labute approximate surface area is 222 Å². The summed E-state index contributed by atoms with van der Waals surface area (Å²) in [4.78, 5) is 15.9. The number of ether oxygens (including phenoxy) is 2. The summed E-state index contributed by atoms with van der Waals surface area (Å²) in [5, 5.41) is 7.12. The number of fused-ring (bicyclic) bond motifs is 1. The highest BCUT2D eigenvalue weighted by Crippen LogP contribution is 2.40. The van der Waals surface area contributed by atoms with Crippen LogP contribution in [0.15, 0.2) is 77.9 Å². The molecular formula is C30H30ClN3O3. The average Bonchev–Trinajstić information content (AvgIpc) is 3.58. The number of hydrogen-bond donors (Lipinski definition) is 0. The van der Waals surface area contributed by atoms with Crippen LogP contribution in [0, 0.1) is 5.92 Å². The van der Waals surface area contributed by atoms with Gasteiger partial charge in [0.05, 0.1) is 18.3 Å². The summed E-state index contributed by atoms with van der Waals surface area (Å²) in [5.41, 5.74) is 4.06. The molecule has 6 rings (SSSR count). The van der Waals surface area contributed by atoms with E-state index in [1.165, 1.54) is 5.56 Å². The number of benzene rings is 3. The minimum absolute atomic E-state index is 0.00577. The molecule has 0 aliphatic carbocycles. The molecule has 3 heterocycles. The van der Waals surface area contributed by atoms with Crippen molar-refractivity contribution < 1.29 is 14.3 Å². The third kappa shape index (κ3) is 5.22. The molecule has 1 saturated heterocycles. The summed E-state index contributed by atoms with van der Waals surface area (Å²) in [7, 11) is 0. The van der Waals surface area contributed by atoms with Gasteiger partial charge in [-0.25, -0.2) is 5.01 Å². The van der Waals surface area contributed by atoms with Crippen molar-refractivity contribution in [2.45, 2.75) is 31.7 Å². The molecule has 0 aromatic heterocycles. The van der Waals surface area contributed by atoms with E-state index >= 15 is 0 Å². The Morgan fingerprint density at radius 2 is 1.70 bits per heavy atom. The zero-order valence-corrected chi connectivity index (χ0v) is 21.4. The van der Waals surface area contributed by atoms with Crippen molar-refractivity contribution >= 4 is 23.2 Å². The number of rotatable bonds is 6. The van der Waals surface area contributed by atoms with E-state index in [-0.39, 0.29) is 18.7 Å². The van der Waals surface area contributed by atoms with Crippen LogP contribution >= 0.6 is 11.6 Å². The molecule has 1 amide bonds. The fourth-order valence-corrected chi connectivity index (χ4v) is 5.78. The monoisotopic (exact) mass is 515 g/mol. The molecule has 7 heteroatoms. The quantitative estimate of drug-likeness (QED) is 0.422. The summed E-state index contributed by atoms with van der Waals surface area (Å²) in [5.74, 6) is 2.10. The van der Waals surface area contributed by atoms with Crippen molar-refractivity contribution in [3.8, 4) is 11.5 Å². The van der Waals surface area contributed by atoms with Crippen LogP contribution in [0.4, 0.5) is 0 Å². The summed E-state index contributed by atoms with van der Waals surface area (Å²) in [6.45, 7) is 2.42. The van der Waals surface area contributed by atoms with Crippen molar-refractivity contribution in [2.24, 2.45) is 11.0 Å². The Balaban J connectivity index is 1.17. The first kappa shape index (κ1) is 24.0. The van der Waals surface area contributed by atoms with Gasteiger partial charge in [-0.05, 0) is 67.6 Å². The van der Waals surface area contributed by atoms with Crippen LogP contribution in [0.25, 0.3) is 0 Å². The van der Waals surface area contributed by atoms with Gasteiger partial charge in [-0.1, -0.05) is 66.2 Å². The second-order valence-corrected chi connectivity index (χ2v) is 10.4. The van der Waals surface area contributed by atoms with Crippen LogP contribution in [-0.2, 0) is 11.2 Å². The SMILES string of the molecule is O=C(CN1CCC(Cc2ccccc2)CC1)N1N=C(c2ccccc2Cl)C[C@@H]1c1ccc2c(c1)OCO2. The van der Waals surface area contributed by atoms with E-state index < -0.39 is 0 Å². The Hall–Kier alpha value is -3.35. The van der Waals surface area contributed by atoms with Crippen molar-refractivity contribution in [3.05, 3.63) is 94.5 Å². The van der Waals surface area contributed by atoms with Crippen LogP contribution in [0.2, 0.25) is 5.02 Å². The van der Waals surface area contributed by atoms with E-state index in [9.17, 15) is 4.79 Å². The zero-order chi connectivity index (χ0) is 25.2. The third-order valence-electron chi connectivity index (χ3n) is 7.57. The van der Waals surface area contributed by atoms with Crippen LogP contribution in [0.5, 0.6) is 11.5 Å². The van der Waals surface area contributed by atoms with E-state index in [4.69, 9.17) is 26.2 Å². The van der Waals surface area contributed by atoms with Gasteiger partial charge in [0.2, 0.25) is 6.79 Å². The number of hydrazone groups is 1. The highest BCUT2D eigenvalue weighted by atomic mass is 35.5. The molecule has 1 atom stereocenters. The van der Waals surface area contributed by atoms with Crippen LogP contribution in [-0.4, -0.2) is 48.0 Å². The summed E-state index contributed by atoms with van der Waals surface area (Å²) < 4.78 is 11.1. The molecule has 0 N–H and O–H groups in total. The standard InChI is InChI=1S/C30H30ClN3O3/c31-25-9-5-4-8-24(25)26-18-27(23-10-11-28-29(17-23)37-20-36-28)34(32-26)30(35)19-33-14-12-22(13-15-33)16-21-6-2-1-3-7-21/h1-11,17,22,27H,12-16,18-20H2/t27-/m1/s1. The number of carbonyl (C=O) groups is 1. The maximum atomic E-state index is 13.7. The molecule has 3 aliphatic heterocycles. The molecular weight excluding hydrogens is 486 g/mol. The molecule has 3 aliphatic rings. The molecule has 0 spiro atoms. The first-order valence-corrected chi connectivity index (χ1v) is 13.3. The van der Waals surface area contributed by atoms with Crippen LogP contribution in [0.1, 0.15) is 42.0 Å². The van der Waals surface area contributed by atoms with Gasteiger partial charge < -0.3 is 9.47 Å². The molecule has 0 saturated carbocycles. The molecule has 190 valence electrons. The zero-order valence-electron chi connectivity index (χ0n) is 20.7. The van der Waals surface area contributed by atoms with E-state index in [1.807, 2.05) is 42.5 Å². The number of carbonyl (C=O) groups excluding carboxylic acids is 1. The smallest absolute Gasteiger partial charge is 0.257 e. The van der Waals surface area contributed by atoms with E-state index in [1.54, 1.807) is 5.01 Å². The van der Waals surface area contributed by atoms with Gasteiger partial charge >= 0.3 is 0 Å². The minimum atomic E-state index is -0.219. The maximum Gasteiger partial charge on any atom is 0.257 e. The predicted octanol–water partition coefficient (Wildman–Crippen LogP) is 5.70. The maximum absolute atomic E-state index is 13.7. The first-order chi connectivity index (χ1) is 18.1. The first-order valence-electron chi connectivity index (χ1n) is 12.9. The predicted molar refractivity (Wildman–Crippen MR) is 144 cm³/mol. The fourth-order valence-electron chi connectivity index (χ4n) is 5.54. The highest BCUT2D eigenvalue weighted by molar-refractivity contribution is 6.34. The number of halogens is 1. The van der Waals surface area contributed by atoms with E-state index in [2.05, 4.69) is 35.2 Å². The van der Waals surface area contributed by atoms with Gasteiger partial charge in [0.25, 0.3) is 5.91 Å². The second kappa shape index (κ2) is 10.6. The van der Waals surface area contributed by atoms with Crippen LogP contribution < -0.4 is 9.47 Å². The Bertz CT molecular complexity index is 1300. The Kier molecular flexibility index (Phi) is 6.85. The van der Waals surface area contributed by atoms with Gasteiger partial charge in [-0.2, -0.15) is 5.10 Å². The topological polar surface area (TPSA) is 54.4 Å². The molecule has 0 unspecified atom stereocenters. The Morgan fingerprint density at radius 1 is 0.946 bits per heavy atom. The largest absolute Gasteiger partial charge is 0.454 e. The van der Waals surface area contributed by atoms with Crippen molar-refractivity contribution in [3.63, 3.8) is 0 Å². The van der Waals surface area contributed by atoms with Gasteiger partial charge in [0.1, 0.15) is 0 Å². The van der Waals surface area contributed by atoms with Crippen molar-refractivity contribution in [2.75, 3.05) is 26.4 Å². The van der Waals surface area contributed by atoms with Gasteiger partial charge in [0, 0.05) is 17.0 Å². The summed E-state index contributed by atoms with van der Waals surface area (Å²) in [6, 6.07) is 24.0. The number of piperidine rings is 1. The Morgan fingerprint density at radius 3 is 2.51 bits per heavy atom. The summed E-state index contributed by atoms with van der Waals surface area (Å²) >= 11 is 6.50. The normalized spacial score (nSPS) is 19.8. The lowest BCUT2D eigenvalue weighted by Gasteiger charge is -2.33. The highest BCUT2D eigenvalue weighted by Gasteiger charge is 2.35. The lowest BCUT2D eigenvalue weighted by atomic mass is 9.90. The minimum Gasteiger partial charge on any atom is -0.454 e. The molecule has 6 nitrogen and oxygen atoms in total. The molecule has 0 bridgehead atoms. The van der Waals surface area contributed by atoms with Gasteiger partial charge in [-0.15, -0.1) is 0 Å². The molecule has 1 fully saturated rings. The molecule has 0 radical (unpaired) electrons. The van der Waals surface area contributed by atoms with Gasteiger partial charge in [0.15, 0.2) is 11.5 Å². The number of hydrogen-bond acceptors (Lipinski definition) is 5. The number of likely N-dealkylation sites (tertiary alicyclic amines) is 1. The average molecular weight is 516 g/mol.